The van der Waals surface area contributed by atoms with E-state index in [0.29, 0.717) is 0 Å². The second-order valence-electron chi connectivity index (χ2n) is 1.19. The van der Waals surface area contributed by atoms with Crippen molar-refractivity contribution in [3.8, 4) is 0 Å². The number of ether oxygens (including phenoxy) is 1. The van der Waals surface area contributed by atoms with Gasteiger partial charge in [-0.25, -0.2) is 0 Å². The lowest BCUT2D eigenvalue weighted by Crippen LogP contribution is -1.91. The number of hydrogen-bond acceptors (Lipinski definition) is 5. The van der Waals surface area contributed by atoms with Gasteiger partial charge in [-0.2, -0.15) is 0 Å². The minimum Gasteiger partial charge on any atom is -0.759 e. The van der Waals surface area contributed by atoms with Crippen molar-refractivity contribution in [3.05, 3.63) is 0 Å². The Labute approximate surface area is 66.7 Å². The highest BCUT2D eigenvalue weighted by atomic mass is 32.3. The molecule has 0 atom stereocenters. The van der Waals surface area contributed by atoms with Crippen LogP contribution in [0.3, 0.4) is 0 Å². The van der Waals surface area contributed by atoms with E-state index in [4.69, 9.17) is 22.3 Å². The van der Waals surface area contributed by atoms with E-state index in [0.717, 1.165) is 13.2 Å². The molecule has 6 nitrogen and oxygen atoms in total. The largest absolute Gasteiger partial charge is 0.759 e. The van der Waals surface area contributed by atoms with E-state index in [-0.39, 0.29) is 6.15 Å². The Balaban J connectivity index is -0.000000107. The van der Waals surface area contributed by atoms with E-state index < -0.39 is 10.4 Å². The van der Waals surface area contributed by atoms with Crippen LogP contribution in [0, 0.1) is 0 Å². The van der Waals surface area contributed by atoms with Crippen molar-refractivity contribution >= 4 is 10.4 Å². The van der Waals surface area contributed by atoms with Gasteiger partial charge in [-0.15, -0.1) is 0 Å². The van der Waals surface area contributed by atoms with Crippen LogP contribution in [0.15, 0.2) is 0 Å². The monoisotopic (exact) mass is 188 g/mol. The molecule has 0 aromatic heterocycles. The van der Waals surface area contributed by atoms with Crippen molar-refractivity contribution in [1.29, 1.82) is 0 Å². The molecule has 0 aliphatic heterocycles. The molecule has 0 aromatic carbocycles. The predicted octanol–water partition coefficient (Wildman–Crippen LogP) is 0.0810. The second-order valence-corrected chi connectivity index (χ2v) is 2.01. The number of rotatable bonds is 2. The zero-order valence-electron chi connectivity index (χ0n) is 6.86. The van der Waals surface area contributed by atoms with Gasteiger partial charge in [0.25, 0.3) is 0 Å². The average Bonchev–Trinajstić information content (AvgIpc) is 1.63. The summed E-state index contributed by atoms with van der Waals surface area (Å²) in [6, 6.07) is 0. The van der Waals surface area contributed by atoms with E-state index in [9.17, 15) is 0 Å². The smallest absolute Gasteiger partial charge is 0.0437 e. The average molecular weight is 188 g/mol. The normalized spacial score (nSPS) is 9.09. The molecule has 0 saturated carbocycles. The molecule has 0 radical (unpaired) electrons. The van der Waals surface area contributed by atoms with Crippen LogP contribution in [0.5, 0.6) is 0 Å². The van der Waals surface area contributed by atoms with Crippen molar-refractivity contribution in [1.82, 2.24) is 6.15 Å². The Morgan fingerprint density at radius 2 is 1.36 bits per heavy atom. The summed E-state index contributed by atoms with van der Waals surface area (Å²) in [6.45, 7) is 5.67. The maximum absolute atomic E-state index is 8.52. The van der Waals surface area contributed by atoms with E-state index in [1.54, 1.807) is 0 Å². The molecule has 0 unspecified atom stereocenters. The zero-order chi connectivity index (χ0) is 8.62. The van der Waals surface area contributed by atoms with E-state index >= 15 is 0 Å². The maximum Gasteiger partial charge on any atom is 0.0437 e. The Hall–Kier alpha value is -0.210. The molecule has 0 spiro atoms. The lowest BCUT2D eigenvalue weighted by atomic mass is 10.8. The standard InChI is InChI=1S/C4H10O.H3N.H2O4S/c1-3-5-4-2;;1-5(2,3)4/h3-4H2,1-2H3;1H3;(H2,1,2,3,4)/p-1. The van der Waals surface area contributed by atoms with Gasteiger partial charge in [0, 0.05) is 23.6 Å². The molecular weight excluding hydrogens is 174 g/mol. The molecule has 0 aromatic rings. The van der Waals surface area contributed by atoms with Gasteiger partial charge < -0.3 is 20.0 Å². The first-order chi connectivity index (χ1) is 4.41. The van der Waals surface area contributed by atoms with Crippen molar-refractivity contribution in [2.75, 3.05) is 13.2 Å². The fourth-order valence-electron chi connectivity index (χ4n) is 0.204. The first-order valence-electron chi connectivity index (χ1n) is 2.66. The van der Waals surface area contributed by atoms with Crippen molar-refractivity contribution in [2.45, 2.75) is 13.8 Å². The first kappa shape index (κ1) is 17.0. The van der Waals surface area contributed by atoms with Crippen LogP contribution in [0.4, 0.5) is 0 Å². The van der Waals surface area contributed by atoms with Crippen molar-refractivity contribution in [3.63, 3.8) is 0 Å². The lowest BCUT2D eigenvalue weighted by Gasteiger charge is -2.06. The van der Waals surface area contributed by atoms with Gasteiger partial charge >= 0.3 is 0 Å². The molecule has 4 N–H and O–H groups in total. The summed E-state index contributed by atoms with van der Waals surface area (Å²) in [4.78, 5) is 0. The molecular formula is C4H14NO5S-. The fourth-order valence-corrected chi connectivity index (χ4v) is 0.204. The summed E-state index contributed by atoms with van der Waals surface area (Å²) in [5, 5.41) is 0. The summed E-state index contributed by atoms with van der Waals surface area (Å²) in [6.07, 6.45) is 0. The minimum atomic E-state index is -5.17. The summed E-state index contributed by atoms with van der Waals surface area (Å²) >= 11 is 0. The molecule has 0 bridgehead atoms. The van der Waals surface area contributed by atoms with Crippen LogP contribution in [0.2, 0.25) is 0 Å². The van der Waals surface area contributed by atoms with Crippen molar-refractivity contribution in [2.24, 2.45) is 0 Å². The lowest BCUT2D eigenvalue weighted by molar-refractivity contribution is 0.162. The number of hydrogen-bond donors (Lipinski definition) is 1. The third-order valence-corrected chi connectivity index (χ3v) is 0.408. The molecule has 11 heavy (non-hydrogen) atoms. The van der Waals surface area contributed by atoms with Gasteiger partial charge in [0.2, 0.25) is 0 Å². The molecule has 0 saturated heterocycles. The van der Waals surface area contributed by atoms with Crippen LogP contribution in [0.25, 0.3) is 0 Å². The fraction of sp³-hybridized carbons (Fsp3) is 1.00. The Morgan fingerprint density at radius 3 is 1.36 bits per heavy atom. The molecule has 7 heteroatoms. The van der Waals surface area contributed by atoms with E-state index in [1.165, 1.54) is 0 Å². The maximum atomic E-state index is 8.52. The summed E-state index contributed by atoms with van der Waals surface area (Å²) in [5.74, 6) is 0. The molecule has 0 heterocycles. The van der Waals surface area contributed by atoms with Gasteiger partial charge in [-0.05, 0) is 13.8 Å². The molecule has 0 rings (SSSR count). The van der Waals surface area contributed by atoms with Crippen LogP contribution in [-0.4, -0.2) is 30.7 Å². The molecule has 72 valence electrons. The van der Waals surface area contributed by atoms with Gasteiger partial charge in [0.05, 0.1) is 0 Å². The SMILES string of the molecule is CCOCC.O=S(=O)([O-])[O-].[NH4+]. The minimum absolute atomic E-state index is 0. The summed E-state index contributed by atoms with van der Waals surface area (Å²) in [5.41, 5.74) is 0. The molecule has 0 fully saturated rings. The van der Waals surface area contributed by atoms with E-state index in [1.807, 2.05) is 13.8 Å². The quantitative estimate of drug-likeness (QED) is 0.485. The van der Waals surface area contributed by atoms with Gasteiger partial charge in [-0.1, -0.05) is 0 Å². The van der Waals surface area contributed by atoms with Gasteiger partial charge in [-0.3, -0.25) is 8.42 Å². The van der Waals surface area contributed by atoms with Crippen LogP contribution < -0.4 is 6.15 Å². The van der Waals surface area contributed by atoms with Crippen LogP contribution in [0.1, 0.15) is 13.8 Å². The zero-order valence-corrected chi connectivity index (χ0v) is 7.68. The van der Waals surface area contributed by atoms with Gasteiger partial charge in [0.1, 0.15) is 0 Å². The summed E-state index contributed by atoms with van der Waals surface area (Å²) < 4.78 is 38.9. The third kappa shape index (κ3) is 185. The Bertz CT molecular complexity index is 133. The van der Waals surface area contributed by atoms with Crippen LogP contribution >= 0.6 is 0 Å². The van der Waals surface area contributed by atoms with Gasteiger partial charge in [0.15, 0.2) is 0 Å². The molecule has 0 aliphatic rings. The predicted molar refractivity (Wildman–Crippen MR) is 38.6 cm³/mol. The number of quaternary nitrogens is 1. The Morgan fingerprint density at radius 1 is 1.18 bits per heavy atom. The van der Waals surface area contributed by atoms with Crippen LogP contribution in [-0.2, 0) is 15.1 Å². The van der Waals surface area contributed by atoms with E-state index in [2.05, 4.69) is 0 Å². The highest BCUT2D eigenvalue weighted by molar-refractivity contribution is 7.79. The summed E-state index contributed by atoms with van der Waals surface area (Å²) in [7, 11) is -5.17. The topological polar surface area (TPSA) is 126 Å². The highest BCUT2D eigenvalue weighted by Gasteiger charge is 1.64. The molecule has 0 aliphatic carbocycles. The first-order valence-corrected chi connectivity index (χ1v) is 3.99. The highest BCUT2D eigenvalue weighted by Crippen LogP contribution is 1.64. The second kappa shape index (κ2) is 9.79. The van der Waals surface area contributed by atoms with Crippen molar-refractivity contribution < 1.29 is 22.3 Å². The third-order valence-electron chi connectivity index (χ3n) is 0.408. The Kier molecular flexibility index (Phi) is 15.2. The molecule has 0 amide bonds.